The van der Waals surface area contributed by atoms with Crippen molar-refractivity contribution in [3.8, 4) is 11.5 Å². The summed E-state index contributed by atoms with van der Waals surface area (Å²) in [5.41, 5.74) is 0.763. The quantitative estimate of drug-likeness (QED) is 0.848. The van der Waals surface area contributed by atoms with Crippen molar-refractivity contribution in [2.24, 2.45) is 5.41 Å². The highest BCUT2D eigenvalue weighted by Crippen LogP contribution is 2.37. The van der Waals surface area contributed by atoms with E-state index >= 15 is 0 Å². The molecule has 5 heteroatoms. The number of halogens is 1. The molecule has 20 heavy (non-hydrogen) atoms. The highest BCUT2D eigenvalue weighted by atomic mass is 35.5. The zero-order valence-corrected chi connectivity index (χ0v) is 13.5. The minimum Gasteiger partial charge on any atom is -0.493 e. The summed E-state index contributed by atoms with van der Waals surface area (Å²) < 4.78 is 10.4. The van der Waals surface area contributed by atoms with Crippen molar-refractivity contribution < 1.29 is 14.6 Å². The fourth-order valence-electron chi connectivity index (χ4n) is 1.72. The van der Waals surface area contributed by atoms with Gasteiger partial charge in [0.05, 0.1) is 25.3 Å². The highest BCUT2D eigenvalue weighted by Gasteiger charge is 2.21. The molecule has 1 aromatic carbocycles. The van der Waals surface area contributed by atoms with Crippen molar-refractivity contribution in [3.05, 3.63) is 22.7 Å². The largest absolute Gasteiger partial charge is 0.493 e. The van der Waals surface area contributed by atoms with Crippen LogP contribution in [0.1, 0.15) is 26.3 Å². The predicted octanol–water partition coefficient (Wildman–Crippen LogP) is 2.85. The maximum absolute atomic E-state index is 9.98. The van der Waals surface area contributed by atoms with Crippen LogP contribution in [-0.2, 0) is 6.54 Å². The van der Waals surface area contributed by atoms with E-state index in [9.17, 15) is 5.11 Å². The lowest BCUT2D eigenvalue weighted by molar-refractivity contribution is 0.0627. The lowest BCUT2D eigenvalue weighted by Gasteiger charge is -2.26. The van der Waals surface area contributed by atoms with E-state index < -0.39 is 6.10 Å². The predicted molar refractivity (Wildman–Crippen MR) is 81.7 cm³/mol. The van der Waals surface area contributed by atoms with Gasteiger partial charge in [0.15, 0.2) is 11.5 Å². The van der Waals surface area contributed by atoms with Crippen molar-refractivity contribution in [1.29, 1.82) is 0 Å². The lowest BCUT2D eigenvalue weighted by Crippen LogP contribution is -2.36. The maximum atomic E-state index is 9.98. The second-order valence-corrected chi connectivity index (χ2v) is 6.16. The van der Waals surface area contributed by atoms with Gasteiger partial charge < -0.3 is 19.9 Å². The van der Waals surface area contributed by atoms with E-state index in [1.165, 1.54) is 0 Å². The van der Waals surface area contributed by atoms with E-state index in [2.05, 4.69) is 5.32 Å². The first-order valence-electron chi connectivity index (χ1n) is 6.59. The van der Waals surface area contributed by atoms with Crippen LogP contribution in [0.2, 0.25) is 5.02 Å². The topological polar surface area (TPSA) is 50.7 Å². The van der Waals surface area contributed by atoms with Crippen molar-refractivity contribution in [3.63, 3.8) is 0 Å². The summed E-state index contributed by atoms with van der Waals surface area (Å²) in [6.45, 7) is 7.08. The van der Waals surface area contributed by atoms with Crippen LogP contribution in [0.4, 0.5) is 0 Å². The molecule has 0 spiro atoms. The van der Waals surface area contributed by atoms with E-state index in [1.807, 2.05) is 32.9 Å². The highest BCUT2D eigenvalue weighted by molar-refractivity contribution is 6.33. The Hall–Kier alpha value is -0.970. The molecule has 0 aliphatic heterocycles. The number of benzene rings is 1. The number of aliphatic hydroxyl groups is 1. The molecule has 1 aromatic rings. The first-order valence-corrected chi connectivity index (χ1v) is 6.97. The molecule has 0 heterocycles. The fraction of sp³-hybridized carbons (Fsp3) is 0.600. The van der Waals surface area contributed by atoms with E-state index in [0.29, 0.717) is 29.6 Å². The Labute approximate surface area is 126 Å². The van der Waals surface area contributed by atoms with Gasteiger partial charge in [-0.1, -0.05) is 38.4 Å². The Morgan fingerprint density at radius 2 is 1.90 bits per heavy atom. The Morgan fingerprint density at radius 3 is 2.40 bits per heavy atom. The third kappa shape index (κ3) is 4.27. The Morgan fingerprint density at radius 1 is 1.25 bits per heavy atom. The molecule has 0 fully saturated rings. The van der Waals surface area contributed by atoms with Crippen LogP contribution < -0.4 is 14.8 Å². The average Bonchev–Trinajstić information content (AvgIpc) is 2.38. The molecule has 0 aromatic heterocycles. The molecule has 0 radical (unpaired) electrons. The molecule has 1 atom stereocenters. The minimum absolute atomic E-state index is 0.144. The second kappa shape index (κ2) is 7.16. The van der Waals surface area contributed by atoms with Crippen LogP contribution in [-0.4, -0.2) is 32.0 Å². The van der Waals surface area contributed by atoms with Crippen molar-refractivity contribution >= 4 is 11.6 Å². The summed E-state index contributed by atoms with van der Waals surface area (Å²) in [6, 6.07) is 3.71. The monoisotopic (exact) mass is 301 g/mol. The molecule has 114 valence electrons. The van der Waals surface area contributed by atoms with Gasteiger partial charge in [-0.05, 0) is 17.0 Å². The van der Waals surface area contributed by atoms with Gasteiger partial charge in [-0.3, -0.25) is 0 Å². The zero-order chi connectivity index (χ0) is 15.3. The fourth-order valence-corrected chi connectivity index (χ4v) is 2.02. The molecular formula is C15H24ClNO3. The molecule has 4 nitrogen and oxygen atoms in total. The molecule has 0 amide bonds. The molecular weight excluding hydrogens is 278 g/mol. The number of hydrogen-bond acceptors (Lipinski definition) is 4. The first kappa shape index (κ1) is 17.1. The summed E-state index contributed by atoms with van der Waals surface area (Å²) in [5, 5.41) is 13.7. The minimum atomic E-state index is -0.415. The Kier molecular flexibility index (Phi) is 6.11. The van der Waals surface area contributed by atoms with Gasteiger partial charge in [-0.2, -0.15) is 0 Å². The SMILES string of the molecule is COc1ccc(CNCC(O)C(C)(C)C)c(Cl)c1OC. The molecule has 1 rings (SSSR count). The molecule has 0 bridgehead atoms. The van der Waals surface area contributed by atoms with Crippen LogP contribution in [0.15, 0.2) is 12.1 Å². The number of nitrogens with one attached hydrogen (secondary N) is 1. The van der Waals surface area contributed by atoms with Crippen LogP contribution in [0.3, 0.4) is 0 Å². The van der Waals surface area contributed by atoms with Gasteiger partial charge in [0, 0.05) is 13.1 Å². The second-order valence-electron chi connectivity index (χ2n) is 5.79. The van der Waals surface area contributed by atoms with Gasteiger partial charge in [0.25, 0.3) is 0 Å². The normalized spacial score (nSPS) is 13.2. The van der Waals surface area contributed by atoms with Crippen molar-refractivity contribution in [1.82, 2.24) is 5.32 Å². The summed E-state index contributed by atoms with van der Waals surface area (Å²) in [5.74, 6) is 1.14. The van der Waals surface area contributed by atoms with Crippen molar-refractivity contribution in [2.75, 3.05) is 20.8 Å². The summed E-state index contributed by atoms with van der Waals surface area (Å²) >= 11 is 6.29. The Bertz CT molecular complexity index is 443. The number of aliphatic hydroxyl groups excluding tert-OH is 1. The molecule has 0 saturated carbocycles. The molecule has 2 N–H and O–H groups in total. The zero-order valence-electron chi connectivity index (χ0n) is 12.8. The number of ether oxygens (including phenoxy) is 2. The van der Waals surface area contributed by atoms with Crippen molar-refractivity contribution in [2.45, 2.75) is 33.4 Å². The summed E-state index contributed by atoms with van der Waals surface area (Å²) in [6.07, 6.45) is -0.415. The van der Waals surface area contributed by atoms with Gasteiger partial charge in [0.2, 0.25) is 0 Å². The first-order chi connectivity index (χ1) is 9.31. The van der Waals surface area contributed by atoms with Crippen LogP contribution in [0, 0.1) is 5.41 Å². The summed E-state index contributed by atoms with van der Waals surface area (Å²) in [4.78, 5) is 0. The molecule has 0 aliphatic rings. The van der Waals surface area contributed by atoms with Crippen LogP contribution in [0.5, 0.6) is 11.5 Å². The maximum Gasteiger partial charge on any atom is 0.179 e. The van der Waals surface area contributed by atoms with E-state index in [0.717, 1.165) is 5.56 Å². The van der Waals surface area contributed by atoms with Gasteiger partial charge in [0.1, 0.15) is 0 Å². The van der Waals surface area contributed by atoms with E-state index in [4.69, 9.17) is 21.1 Å². The standard InChI is InChI=1S/C15H24ClNO3/c1-15(2,3)12(18)9-17-8-10-6-7-11(19-4)14(20-5)13(10)16/h6-7,12,17-18H,8-9H2,1-5H3. The smallest absolute Gasteiger partial charge is 0.179 e. The van der Waals surface area contributed by atoms with Crippen LogP contribution in [0.25, 0.3) is 0 Å². The number of rotatable bonds is 6. The number of hydrogen-bond donors (Lipinski definition) is 2. The lowest BCUT2D eigenvalue weighted by atomic mass is 9.89. The van der Waals surface area contributed by atoms with E-state index in [-0.39, 0.29) is 5.41 Å². The molecule has 1 unspecified atom stereocenters. The Balaban J connectivity index is 2.70. The molecule has 0 aliphatic carbocycles. The van der Waals surface area contributed by atoms with Gasteiger partial charge in [-0.25, -0.2) is 0 Å². The van der Waals surface area contributed by atoms with Gasteiger partial charge in [-0.15, -0.1) is 0 Å². The molecule has 0 saturated heterocycles. The summed E-state index contributed by atoms with van der Waals surface area (Å²) in [7, 11) is 3.14. The average molecular weight is 302 g/mol. The van der Waals surface area contributed by atoms with E-state index in [1.54, 1.807) is 14.2 Å². The third-order valence-electron chi connectivity index (χ3n) is 3.22. The number of methoxy groups -OCH3 is 2. The third-order valence-corrected chi connectivity index (χ3v) is 3.63. The van der Waals surface area contributed by atoms with Gasteiger partial charge >= 0.3 is 0 Å². The van der Waals surface area contributed by atoms with Crippen LogP contribution >= 0.6 is 11.6 Å².